The van der Waals surface area contributed by atoms with E-state index in [0.717, 1.165) is 12.7 Å². The fourth-order valence-electron chi connectivity index (χ4n) is 2.17. The van der Waals surface area contributed by atoms with Crippen molar-refractivity contribution in [3.8, 4) is 0 Å². The summed E-state index contributed by atoms with van der Waals surface area (Å²) >= 11 is 6.36. The smallest absolute Gasteiger partial charge is 0.239 e. The van der Waals surface area contributed by atoms with E-state index in [1.807, 2.05) is 0 Å². The Morgan fingerprint density at radius 1 is 1.11 bits per heavy atom. The van der Waals surface area contributed by atoms with Crippen molar-refractivity contribution in [3.05, 3.63) is 18.7 Å². The molecule has 1 heterocycles. The van der Waals surface area contributed by atoms with Gasteiger partial charge in [0, 0.05) is 0 Å². The van der Waals surface area contributed by atoms with Gasteiger partial charge in [0.2, 0.25) is 6.33 Å². The molecule has 0 saturated carbocycles. The van der Waals surface area contributed by atoms with E-state index in [9.17, 15) is 0 Å². The number of nitrogens with zero attached hydrogens (tertiary/aromatic N) is 2. The molecule has 0 N–H and O–H groups in total. The van der Waals surface area contributed by atoms with Crippen molar-refractivity contribution in [2.45, 2.75) is 71.3 Å². The van der Waals surface area contributed by atoms with Gasteiger partial charge in [0.15, 0.2) is 7.38 Å². The Kier molecular flexibility index (Phi) is 7.01. The molecular formula is C14H28ClN2Si+. The minimum absolute atomic E-state index is 0.998. The Hall–Kier alpha value is -0.283. The molecule has 0 aliphatic rings. The molecule has 0 unspecified atom stereocenters. The molecule has 0 fully saturated rings. The Morgan fingerprint density at radius 2 is 1.78 bits per heavy atom. The molecule has 0 bridgehead atoms. The van der Waals surface area contributed by atoms with Crippen LogP contribution >= 0.6 is 11.1 Å². The number of aryl methyl sites for hydroxylation is 1. The van der Waals surface area contributed by atoms with Gasteiger partial charge in [0.05, 0.1) is 12.7 Å². The first-order valence-corrected chi connectivity index (χ1v) is 11.5. The number of aromatic nitrogens is 2. The van der Waals surface area contributed by atoms with Crippen molar-refractivity contribution < 1.29 is 4.57 Å². The van der Waals surface area contributed by atoms with Crippen LogP contribution in [0.3, 0.4) is 0 Å². The summed E-state index contributed by atoms with van der Waals surface area (Å²) in [7, 11) is -1.52. The summed E-state index contributed by atoms with van der Waals surface area (Å²) in [5.41, 5.74) is 0. The van der Waals surface area contributed by atoms with E-state index < -0.39 is 7.38 Å². The molecule has 0 aliphatic heterocycles. The molecular weight excluding hydrogens is 260 g/mol. The quantitative estimate of drug-likeness (QED) is 0.280. The summed E-state index contributed by atoms with van der Waals surface area (Å²) in [6, 6.07) is 0. The van der Waals surface area contributed by atoms with Gasteiger partial charge < -0.3 is 0 Å². The average molecular weight is 288 g/mol. The van der Waals surface area contributed by atoms with Crippen LogP contribution in [0.2, 0.25) is 13.1 Å². The molecule has 104 valence electrons. The number of rotatable bonds is 9. The topological polar surface area (TPSA) is 8.81 Å². The Morgan fingerprint density at radius 3 is 2.44 bits per heavy atom. The first-order valence-electron chi connectivity index (χ1n) is 7.25. The van der Waals surface area contributed by atoms with Gasteiger partial charge in [-0.05, 0) is 12.8 Å². The Bertz CT molecular complexity index is 331. The van der Waals surface area contributed by atoms with E-state index >= 15 is 0 Å². The molecule has 0 saturated heterocycles. The summed E-state index contributed by atoms with van der Waals surface area (Å²) in [6.07, 6.45) is 15.7. The monoisotopic (exact) mass is 287 g/mol. The number of hydrogen-bond donors (Lipinski definition) is 0. The predicted octanol–water partition coefficient (Wildman–Crippen LogP) is 4.12. The molecule has 1 rings (SSSR count). The summed E-state index contributed by atoms with van der Waals surface area (Å²) in [4.78, 5) is 0. The van der Waals surface area contributed by atoms with E-state index in [2.05, 4.69) is 47.9 Å². The predicted molar refractivity (Wildman–Crippen MR) is 81.3 cm³/mol. The highest BCUT2D eigenvalue weighted by molar-refractivity contribution is 7.18. The van der Waals surface area contributed by atoms with Crippen LogP contribution in [0.15, 0.2) is 18.7 Å². The van der Waals surface area contributed by atoms with Gasteiger partial charge in [0.1, 0.15) is 12.4 Å². The summed E-state index contributed by atoms with van der Waals surface area (Å²) in [6.45, 7) is 7.78. The van der Waals surface area contributed by atoms with Crippen molar-refractivity contribution in [2.75, 3.05) is 0 Å². The Balaban J connectivity index is 2.19. The second kappa shape index (κ2) is 8.00. The Labute approximate surface area is 118 Å². The molecule has 18 heavy (non-hydrogen) atoms. The van der Waals surface area contributed by atoms with Gasteiger partial charge in [-0.1, -0.05) is 45.7 Å². The molecule has 0 aromatic carbocycles. The maximum Gasteiger partial charge on any atom is 0.243 e. The second-order valence-corrected chi connectivity index (χ2v) is 12.6. The number of halogens is 1. The van der Waals surface area contributed by atoms with Crippen LogP contribution in [0.1, 0.15) is 45.4 Å². The third-order valence-corrected chi connectivity index (χ3v) is 4.55. The fourth-order valence-corrected chi connectivity index (χ4v) is 3.64. The highest BCUT2D eigenvalue weighted by Crippen LogP contribution is 2.10. The van der Waals surface area contributed by atoms with Gasteiger partial charge in [-0.2, -0.15) is 11.1 Å². The lowest BCUT2D eigenvalue weighted by Gasteiger charge is -2.08. The van der Waals surface area contributed by atoms with Crippen LogP contribution in [-0.4, -0.2) is 12.0 Å². The van der Waals surface area contributed by atoms with Gasteiger partial charge in [0.25, 0.3) is 0 Å². The van der Waals surface area contributed by atoms with Crippen LogP contribution in [0.25, 0.3) is 0 Å². The third kappa shape index (κ3) is 7.22. The van der Waals surface area contributed by atoms with Crippen molar-refractivity contribution in [2.24, 2.45) is 0 Å². The molecule has 0 aliphatic carbocycles. The van der Waals surface area contributed by atoms with Crippen molar-refractivity contribution in [1.29, 1.82) is 0 Å². The maximum atomic E-state index is 6.36. The summed E-state index contributed by atoms with van der Waals surface area (Å²) in [5, 5.41) is 0. The molecule has 0 radical (unpaired) electrons. The van der Waals surface area contributed by atoms with Crippen LogP contribution < -0.4 is 4.57 Å². The molecule has 4 heteroatoms. The highest BCUT2D eigenvalue weighted by Gasteiger charge is 2.21. The van der Waals surface area contributed by atoms with E-state index in [-0.39, 0.29) is 0 Å². The van der Waals surface area contributed by atoms with Gasteiger partial charge in [-0.15, -0.1) is 0 Å². The van der Waals surface area contributed by atoms with E-state index in [1.165, 1.54) is 38.5 Å². The minimum atomic E-state index is -1.52. The van der Waals surface area contributed by atoms with Gasteiger partial charge in [-0.3, -0.25) is 0 Å². The molecule has 1 aromatic heterocycles. The first-order chi connectivity index (χ1) is 8.51. The number of hydrogen-bond acceptors (Lipinski definition) is 0. The van der Waals surface area contributed by atoms with Crippen LogP contribution in [-0.2, 0) is 12.7 Å². The van der Waals surface area contributed by atoms with E-state index in [4.69, 9.17) is 11.1 Å². The van der Waals surface area contributed by atoms with E-state index in [1.54, 1.807) is 0 Å². The van der Waals surface area contributed by atoms with Gasteiger partial charge >= 0.3 is 0 Å². The van der Waals surface area contributed by atoms with Crippen molar-refractivity contribution in [1.82, 2.24) is 4.57 Å². The van der Waals surface area contributed by atoms with Gasteiger partial charge in [-0.25, -0.2) is 9.13 Å². The molecule has 0 amide bonds. The average Bonchev–Trinajstić information content (AvgIpc) is 2.68. The minimum Gasteiger partial charge on any atom is -0.239 e. The van der Waals surface area contributed by atoms with Crippen LogP contribution in [0.4, 0.5) is 0 Å². The van der Waals surface area contributed by atoms with E-state index in [0.29, 0.717) is 0 Å². The largest absolute Gasteiger partial charge is 0.243 e. The zero-order chi connectivity index (χ0) is 13.4. The van der Waals surface area contributed by atoms with Crippen molar-refractivity contribution >= 4 is 18.5 Å². The van der Waals surface area contributed by atoms with Crippen LogP contribution in [0.5, 0.6) is 0 Å². The first kappa shape index (κ1) is 15.8. The fraction of sp³-hybridized carbons (Fsp3) is 0.786. The lowest BCUT2D eigenvalue weighted by molar-refractivity contribution is -0.696. The molecule has 1 aromatic rings. The normalized spacial score (nSPS) is 12.0. The highest BCUT2D eigenvalue weighted by atomic mass is 35.6. The maximum absolute atomic E-state index is 6.36. The second-order valence-electron chi connectivity index (χ2n) is 5.81. The van der Waals surface area contributed by atoms with Crippen molar-refractivity contribution in [3.63, 3.8) is 0 Å². The molecule has 0 atom stereocenters. The lowest BCUT2D eigenvalue weighted by Crippen LogP contribution is -2.32. The summed E-state index contributed by atoms with van der Waals surface area (Å²) in [5.74, 6) is 0. The lowest BCUT2D eigenvalue weighted by atomic mass is 10.1. The number of unbranched alkanes of at least 4 members (excludes halogenated alkanes) is 5. The van der Waals surface area contributed by atoms with Crippen LogP contribution in [0, 0.1) is 0 Å². The molecule has 0 spiro atoms. The zero-order valence-electron chi connectivity index (χ0n) is 12.2. The summed E-state index contributed by atoms with van der Waals surface area (Å²) < 4.78 is 4.52. The molecule has 2 nitrogen and oxygen atoms in total. The standard InChI is InChI=1S/C14H28ClN2Si/c1-4-5-6-7-8-9-10-16-11-12-17(13-16)14-18(2,3)15/h11-13H,4-10,14H2,1-3H3/q+1. The third-order valence-electron chi connectivity index (χ3n) is 3.07. The zero-order valence-corrected chi connectivity index (χ0v) is 13.9. The SMILES string of the molecule is CCCCCCCC[n+]1ccn(C[Si](C)(C)Cl)c1. The number of imidazole rings is 1.